The first-order chi connectivity index (χ1) is 19.7. The second kappa shape index (κ2) is 11.5. The number of nitrogens with one attached hydrogen (secondary N) is 2. The van der Waals surface area contributed by atoms with Gasteiger partial charge in [-0.1, -0.05) is 42.5 Å². The van der Waals surface area contributed by atoms with Crippen molar-refractivity contribution in [3.63, 3.8) is 0 Å². The zero-order chi connectivity index (χ0) is 29.1. The average Bonchev–Trinajstić information content (AvgIpc) is 3.51. The van der Waals surface area contributed by atoms with Crippen LogP contribution in [0.3, 0.4) is 0 Å². The predicted molar refractivity (Wildman–Crippen MR) is 154 cm³/mol. The molecule has 41 heavy (non-hydrogen) atoms. The number of fused-ring (bicyclic) bond motifs is 1. The summed E-state index contributed by atoms with van der Waals surface area (Å²) in [5.74, 6) is 0.574. The number of rotatable bonds is 9. The molecule has 0 radical (unpaired) electrons. The van der Waals surface area contributed by atoms with E-state index in [1.807, 2.05) is 42.8 Å². The van der Waals surface area contributed by atoms with E-state index in [0.717, 1.165) is 29.2 Å². The second-order valence-electron chi connectivity index (χ2n) is 9.85. The van der Waals surface area contributed by atoms with Crippen molar-refractivity contribution >= 4 is 27.7 Å². The molecule has 4 aromatic rings. The summed E-state index contributed by atoms with van der Waals surface area (Å²) < 4.78 is 34.3. The van der Waals surface area contributed by atoms with Crippen LogP contribution >= 0.6 is 0 Å². The van der Waals surface area contributed by atoms with Crippen LogP contribution in [0.15, 0.2) is 83.8 Å². The summed E-state index contributed by atoms with van der Waals surface area (Å²) in [5, 5.41) is 7.64. The summed E-state index contributed by atoms with van der Waals surface area (Å²) in [7, 11) is -2.35. The number of aryl methyl sites for hydroxylation is 1. The normalized spacial score (nSPS) is 13.4. The van der Waals surface area contributed by atoms with Crippen LogP contribution in [0.4, 0.5) is 5.82 Å². The number of benzene rings is 3. The molecule has 0 fully saturated rings. The number of nitrogens with zero attached hydrogens (tertiary/aromatic N) is 3. The third-order valence-corrected chi connectivity index (χ3v) is 8.36. The fourth-order valence-electron chi connectivity index (χ4n) is 4.89. The number of aromatic nitrogens is 2. The van der Waals surface area contributed by atoms with Crippen LogP contribution in [-0.2, 0) is 23.1 Å². The molecule has 212 valence electrons. The molecule has 3 aromatic carbocycles. The summed E-state index contributed by atoms with van der Waals surface area (Å²) >= 11 is 0. The Kier molecular flexibility index (Phi) is 7.80. The van der Waals surface area contributed by atoms with E-state index in [1.165, 1.54) is 24.3 Å². The number of methoxy groups -OCH3 is 1. The minimum absolute atomic E-state index is 0.00492. The summed E-state index contributed by atoms with van der Waals surface area (Å²) in [4.78, 5) is 28.3. The zero-order valence-electron chi connectivity index (χ0n) is 23.0. The summed E-state index contributed by atoms with van der Waals surface area (Å²) in [5.41, 5.74) is 3.18. The van der Waals surface area contributed by atoms with Gasteiger partial charge in [-0.2, -0.15) is 5.10 Å². The first-order valence-corrected chi connectivity index (χ1v) is 14.6. The van der Waals surface area contributed by atoms with Crippen molar-refractivity contribution in [2.45, 2.75) is 37.9 Å². The van der Waals surface area contributed by atoms with E-state index in [-0.39, 0.29) is 22.4 Å². The quantitative estimate of drug-likeness (QED) is 0.312. The third kappa shape index (κ3) is 5.94. The van der Waals surface area contributed by atoms with Gasteiger partial charge >= 0.3 is 0 Å². The minimum atomic E-state index is -3.99. The fourth-order valence-corrected chi connectivity index (χ4v) is 5.89. The van der Waals surface area contributed by atoms with Crippen molar-refractivity contribution in [2.24, 2.45) is 0 Å². The monoisotopic (exact) mass is 573 g/mol. The molecule has 1 aliphatic heterocycles. The molecule has 0 bridgehead atoms. The van der Waals surface area contributed by atoms with Gasteiger partial charge in [0.2, 0.25) is 0 Å². The highest BCUT2D eigenvalue weighted by Crippen LogP contribution is 2.31. The number of carbonyl (C=O) groups is 2. The van der Waals surface area contributed by atoms with Crippen LogP contribution in [0.2, 0.25) is 0 Å². The Balaban J connectivity index is 1.27. The lowest BCUT2D eigenvalue weighted by Gasteiger charge is -2.20. The standard InChI is InChI=1S/C30H31N5O5S/c1-20(23-12-14-24(15-13-23)28(36)33-41(38,39)26-10-5-4-6-11-26)31-29(37)27-21(2)32-35-17-16-34(30(27)35)19-22-8-7-9-25(18-22)40-3/h4-15,18,20H,16-17,19H2,1-3H3,(H,31,37)(H,33,36)/t20-/m0/s1. The van der Waals surface area contributed by atoms with Crippen molar-refractivity contribution < 1.29 is 22.7 Å². The molecule has 2 amide bonds. The summed E-state index contributed by atoms with van der Waals surface area (Å²) in [6, 6.07) is 21.6. The van der Waals surface area contributed by atoms with Gasteiger partial charge in [0.25, 0.3) is 21.8 Å². The molecule has 0 aliphatic carbocycles. The Bertz CT molecular complexity index is 1680. The van der Waals surface area contributed by atoms with Gasteiger partial charge in [-0.25, -0.2) is 17.8 Å². The number of sulfonamides is 1. The molecular formula is C30H31N5O5S. The number of ether oxygens (including phenoxy) is 1. The first-order valence-electron chi connectivity index (χ1n) is 13.1. The zero-order valence-corrected chi connectivity index (χ0v) is 23.8. The van der Waals surface area contributed by atoms with E-state index in [9.17, 15) is 18.0 Å². The smallest absolute Gasteiger partial charge is 0.264 e. The van der Waals surface area contributed by atoms with Crippen LogP contribution < -0.4 is 19.7 Å². The third-order valence-electron chi connectivity index (χ3n) is 7.02. The van der Waals surface area contributed by atoms with Crippen LogP contribution in [0, 0.1) is 6.92 Å². The van der Waals surface area contributed by atoms with Gasteiger partial charge in [0.1, 0.15) is 17.1 Å². The van der Waals surface area contributed by atoms with Crippen LogP contribution in [0.1, 0.15) is 50.5 Å². The van der Waals surface area contributed by atoms with Gasteiger partial charge in [0, 0.05) is 18.7 Å². The van der Waals surface area contributed by atoms with Crippen molar-refractivity contribution in [1.29, 1.82) is 0 Å². The Morgan fingerprint density at radius 1 is 0.976 bits per heavy atom. The molecule has 0 saturated heterocycles. The average molecular weight is 574 g/mol. The van der Waals surface area contributed by atoms with E-state index in [0.29, 0.717) is 24.3 Å². The van der Waals surface area contributed by atoms with E-state index < -0.39 is 15.9 Å². The molecule has 1 atom stereocenters. The van der Waals surface area contributed by atoms with Crippen molar-refractivity contribution in [1.82, 2.24) is 19.8 Å². The van der Waals surface area contributed by atoms with Gasteiger partial charge in [0.05, 0.1) is 30.3 Å². The van der Waals surface area contributed by atoms with Gasteiger partial charge in [0.15, 0.2) is 0 Å². The molecule has 10 nitrogen and oxygen atoms in total. The van der Waals surface area contributed by atoms with Crippen molar-refractivity contribution in [3.8, 4) is 5.75 Å². The molecule has 5 rings (SSSR count). The maximum atomic E-state index is 13.5. The first kappa shape index (κ1) is 27.9. The van der Waals surface area contributed by atoms with Crippen LogP contribution in [0.5, 0.6) is 5.75 Å². The molecule has 11 heteroatoms. The maximum absolute atomic E-state index is 13.5. The lowest BCUT2D eigenvalue weighted by atomic mass is 10.1. The van der Waals surface area contributed by atoms with E-state index in [4.69, 9.17) is 4.74 Å². The highest BCUT2D eigenvalue weighted by molar-refractivity contribution is 7.90. The lowest BCUT2D eigenvalue weighted by molar-refractivity contribution is 0.0937. The molecule has 2 N–H and O–H groups in total. The number of amides is 2. The second-order valence-corrected chi connectivity index (χ2v) is 11.5. The highest BCUT2D eigenvalue weighted by Gasteiger charge is 2.31. The van der Waals surface area contributed by atoms with Crippen molar-refractivity contribution in [3.05, 3.63) is 107 Å². The number of anilines is 1. The van der Waals surface area contributed by atoms with E-state index >= 15 is 0 Å². The Labute approximate surface area is 239 Å². The van der Waals surface area contributed by atoms with Gasteiger partial charge in [-0.3, -0.25) is 9.59 Å². The van der Waals surface area contributed by atoms with Crippen molar-refractivity contribution in [2.75, 3.05) is 18.6 Å². The molecule has 0 saturated carbocycles. The fraction of sp³-hybridized carbons (Fsp3) is 0.233. The molecule has 0 spiro atoms. The minimum Gasteiger partial charge on any atom is -0.497 e. The summed E-state index contributed by atoms with van der Waals surface area (Å²) in [6.07, 6.45) is 0. The molecule has 0 unspecified atom stereocenters. The largest absolute Gasteiger partial charge is 0.497 e. The Hall–Kier alpha value is -4.64. The summed E-state index contributed by atoms with van der Waals surface area (Å²) in [6.45, 7) is 5.71. The lowest BCUT2D eigenvalue weighted by Crippen LogP contribution is -2.31. The maximum Gasteiger partial charge on any atom is 0.264 e. The number of carbonyl (C=O) groups excluding carboxylic acids is 2. The molecular weight excluding hydrogens is 542 g/mol. The Morgan fingerprint density at radius 3 is 2.41 bits per heavy atom. The Morgan fingerprint density at radius 2 is 1.71 bits per heavy atom. The van der Waals surface area contributed by atoms with E-state index in [2.05, 4.69) is 20.0 Å². The molecule has 2 heterocycles. The van der Waals surface area contributed by atoms with Gasteiger partial charge < -0.3 is 15.0 Å². The van der Waals surface area contributed by atoms with Gasteiger partial charge in [-0.15, -0.1) is 0 Å². The SMILES string of the molecule is COc1cccc(CN2CCn3nc(C)c(C(=O)N[C@@H](C)c4ccc(C(=O)NS(=O)(=O)c5ccccc5)cc4)c32)c1. The van der Waals surface area contributed by atoms with E-state index in [1.54, 1.807) is 37.4 Å². The molecule has 1 aromatic heterocycles. The topological polar surface area (TPSA) is 123 Å². The number of hydrogen-bond acceptors (Lipinski definition) is 7. The van der Waals surface area contributed by atoms with Crippen LogP contribution in [0.25, 0.3) is 0 Å². The van der Waals surface area contributed by atoms with Gasteiger partial charge in [-0.05, 0) is 61.4 Å². The van der Waals surface area contributed by atoms with Crippen LogP contribution in [-0.4, -0.2) is 43.7 Å². The molecule has 1 aliphatic rings. The predicted octanol–water partition coefficient (Wildman–Crippen LogP) is 3.83. The number of hydrogen-bond donors (Lipinski definition) is 2. The highest BCUT2D eigenvalue weighted by atomic mass is 32.2.